The molecule has 0 saturated carbocycles. The van der Waals surface area contributed by atoms with Crippen LogP contribution >= 0.6 is 0 Å². The topological polar surface area (TPSA) is 142 Å². The van der Waals surface area contributed by atoms with Gasteiger partial charge in [-0.2, -0.15) is 0 Å². The first-order valence-electron chi connectivity index (χ1n) is 38.3. The molecule has 2 aromatic rings. The van der Waals surface area contributed by atoms with Gasteiger partial charge in [0.2, 0.25) is 23.1 Å². The van der Waals surface area contributed by atoms with E-state index in [4.69, 9.17) is 37.9 Å². The zero-order valence-electron chi connectivity index (χ0n) is 59.5. The van der Waals surface area contributed by atoms with Gasteiger partial charge < -0.3 is 37.9 Å². The van der Waals surface area contributed by atoms with Gasteiger partial charge in [0, 0.05) is 12.2 Å². The van der Waals surface area contributed by atoms with E-state index in [-0.39, 0.29) is 11.1 Å². The minimum absolute atomic E-state index is 0.0785. The standard InChI is InChI=1S/C80H132O12/c1-7-13-19-25-31-37-43-49-55-85-73-61-67(62-74(86-56-50-44-38-32-26-20-14-8-2)77(73)89-59-53-47-41-35-29-23-17-11-5)79(83)91-71-65-70(82)72(66-69(71)81)92-80(84)68-63-75(87-57-51-45-39-33-27-21-15-9-3)78(90-60-54-48-42-36-30-24-18-12-6)76(64-68)88-58-52-46-40-34-28-22-16-10-4/h61-66H,7-60H2,1-6H3. The van der Waals surface area contributed by atoms with Crippen molar-refractivity contribution in [2.45, 2.75) is 350 Å². The van der Waals surface area contributed by atoms with Crippen molar-refractivity contribution in [2.24, 2.45) is 0 Å². The monoisotopic (exact) mass is 1280 g/mol. The number of carbonyl (C=O) groups is 4. The van der Waals surface area contributed by atoms with Crippen LogP contribution < -0.4 is 28.4 Å². The maximum atomic E-state index is 14.3. The number of allylic oxidation sites excluding steroid dienone is 2. The van der Waals surface area contributed by atoms with E-state index in [1.165, 1.54) is 193 Å². The zero-order valence-corrected chi connectivity index (χ0v) is 59.5. The van der Waals surface area contributed by atoms with Gasteiger partial charge in [-0.15, -0.1) is 0 Å². The Bertz CT molecular complexity index is 2040. The van der Waals surface area contributed by atoms with E-state index < -0.39 is 35.0 Å². The molecular formula is C80H132O12. The van der Waals surface area contributed by atoms with Crippen molar-refractivity contribution in [2.75, 3.05) is 39.6 Å². The zero-order chi connectivity index (χ0) is 66.2. The maximum Gasteiger partial charge on any atom is 0.343 e. The van der Waals surface area contributed by atoms with E-state index in [1.54, 1.807) is 24.3 Å². The Kier molecular flexibility index (Phi) is 49.8. The molecule has 0 atom stereocenters. The predicted octanol–water partition coefficient (Wildman–Crippen LogP) is 23.7. The molecule has 0 fully saturated rings. The van der Waals surface area contributed by atoms with Gasteiger partial charge in [0.05, 0.1) is 50.8 Å². The first-order valence-corrected chi connectivity index (χ1v) is 38.3. The van der Waals surface area contributed by atoms with Crippen LogP contribution in [0.5, 0.6) is 34.5 Å². The van der Waals surface area contributed by atoms with Crippen LogP contribution in [0.2, 0.25) is 0 Å². The normalized spacial score (nSPS) is 12.2. The molecule has 0 aromatic heterocycles. The molecule has 0 unspecified atom stereocenters. The van der Waals surface area contributed by atoms with Crippen LogP contribution in [0.15, 0.2) is 47.9 Å². The molecular weight excluding hydrogens is 1150 g/mol. The molecule has 12 nitrogen and oxygen atoms in total. The molecule has 1 aliphatic rings. The highest BCUT2D eigenvalue weighted by Crippen LogP contribution is 2.42. The minimum Gasteiger partial charge on any atom is -0.490 e. The molecule has 0 saturated heterocycles. The average Bonchev–Trinajstić information content (AvgIpc) is 0.920. The fourth-order valence-corrected chi connectivity index (χ4v) is 11.6. The minimum atomic E-state index is -0.876. The smallest absolute Gasteiger partial charge is 0.343 e. The van der Waals surface area contributed by atoms with E-state index in [2.05, 4.69) is 41.5 Å². The molecule has 92 heavy (non-hydrogen) atoms. The van der Waals surface area contributed by atoms with Gasteiger partial charge in [0.25, 0.3) is 0 Å². The highest BCUT2D eigenvalue weighted by atomic mass is 16.6. The van der Waals surface area contributed by atoms with Crippen molar-refractivity contribution >= 4 is 23.5 Å². The van der Waals surface area contributed by atoms with Gasteiger partial charge in [-0.05, 0) is 62.8 Å². The summed E-state index contributed by atoms with van der Waals surface area (Å²) in [6.07, 6.45) is 57.0. The highest BCUT2D eigenvalue weighted by Gasteiger charge is 2.30. The quantitative estimate of drug-likeness (QED) is 0.0353. The molecule has 0 amide bonds. The second kappa shape index (κ2) is 56.4. The maximum absolute atomic E-state index is 14.3. The number of unbranched alkanes of at least 4 members (excludes halogenated alkanes) is 42. The van der Waals surface area contributed by atoms with Gasteiger partial charge in [-0.3, -0.25) is 9.59 Å². The summed E-state index contributed by atoms with van der Waals surface area (Å²) in [6, 6.07) is 6.36. The number of ether oxygens (including phenoxy) is 8. The third-order valence-corrected chi connectivity index (χ3v) is 17.4. The molecule has 12 heteroatoms. The van der Waals surface area contributed by atoms with Crippen molar-refractivity contribution in [3.8, 4) is 34.5 Å². The first-order chi connectivity index (χ1) is 45.2. The second-order valence-electron chi connectivity index (χ2n) is 26.1. The van der Waals surface area contributed by atoms with Gasteiger partial charge in [-0.25, -0.2) is 9.59 Å². The van der Waals surface area contributed by atoms with Crippen molar-refractivity contribution in [1.29, 1.82) is 0 Å². The summed E-state index contributed by atoms with van der Waals surface area (Å²) in [5, 5.41) is 0. The van der Waals surface area contributed by atoms with E-state index in [0.717, 1.165) is 128 Å². The van der Waals surface area contributed by atoms with Crippen molar-refractivity contribution in [3.63, 3.8) is 0 Å². The highest BCUT2D eigenvalue weighted by molar-refractivity contribution is 6.20. The molecule has 2 aromatic carbocycles. The number of hydrogen-bond donors (Lipinski definition) is 0. The lowest BCUT2D eigenvalue weighted by atomic mass is 10.1. The Morgan fingerprint density at radius 2 is 0.424 bits per heavy atom. The Labute approximate surface area is 560 Å². The number of ketones is 2. The van der Waals surface area contributed by atoms with E-state index in [9.17, 15) is 19.2 Å². The van der Waals surface area contributed by atoms with Gasteiger partial charge in [0.15, 0.2) is 34.5 Å². The SMILES string of the molecule is CCCCCCCCCCOc1cc(C(=O)OC2=CC(=O)C(OC(=O)c3cc(OCCCCCCCCCC)c(OCCCCCCCCCC)c(OCCCCCCCCCC)c3)=CC2=O)cc(OCCCCCCCCCC)c1OCCCCCCCCCC. The van der Waals surface area contributed by atoms with Crippen LogP contribution in [-0.2, 0) is 19.1 Å². The molecule has 0 N–H and O–H groups in total. The van der Waals surface area contributed by atoms with Crippen LogP contribution in [-0.4, -0.2) is 63.1 Å². The van der Waals surface area contributed by atoms with E-state index in [1.807, 2.05) is 0 Å². The van der Waals surface area contributed by atoms with Crippen LogP contribution in [0.25, 0.3) is 0 Å². The second-order valence-corrected chi connectivity index (χ2v) is 26.1. The Morgan fingerprint density at radius 3 is 0.620 bits per heavy atom. The van der Waals surface area contributed by atoms with Crippen molar-refractivity contribution in [1.82, 2.24) is 0 Å². The Hall–Kier alpha value is -5.00. The van der Waals surface area contributed by atoms with Crippen molar-refractivity contribution < 1.29 is 57.1 Å². The van der Waals surface area contributed by atoms with Gasteiger partial charge >= 0.3 is 11.9 Å². The summed E-state index contributed by atoms with van der Waals surface area (Å²) >= 11 is 0. The summed E-state index contributed by atoms with van der Waals surface area (Å²) in [5.41, 5.74) is 0.157. The average molecular weight is 1290 g/mol. The summed E-state index contributed by atoms with van der Waals surface area (Å²) < 4.78 is 50.5. The fourth-order valence-electron chi connectivity index (χ4n) is 11.6. The van der Waals surface area contributed by atoms with Crippen LogP contribution in [0, 0.1) is 0 Å². The molecule has 0 radical (unpaired) electrons. The predicted molar refractivity (Wildman–Crippen MR) is 379 cm³/mol. The molecule has 0 heterocycles. The number of esters is 2. The lowest BCUT2D eigenvalue weighted by molar-refractivity contribution is -0.118. The van der Waals surface area contributed by atoms with Crippen molar-refractivity contribution in [3.05, 3.63) is 59.1 Å². The molecule has 0 aliphatic heterocycles. The fraction of sp³-hybridized carbons (Fsp3) is 0.750. The molecule has 0 bridgehead atoms. The largest absolute Gasteiger partial charge is 0.490 e. The summed E-state index contributed by atoms with van der Waals surface area (Å²) in [5.74, 6) is -1.99. The number of benzene rings is 2. The van der Waals surface area contributed by atoms with E-state index in [0.29, 0.717) is 74.1 Å². The lowest BCUT2D eigenvalue weighted by Crippen LogP contribution is -2.21. The van der Waals surface area contributed by atoms with Crippen LogP contribution in [0.1, 0.15) is 370 Å². The summed E-state index contributed by atoms with van der Waals surface area (Å²) in [6.45, 7) is 16.0. The van der Waals surface area contributed by atoms with Gasteiger partial charge in [-0.1, -0.05) is 311 Å². The molecule has 524 valence electrons. The molecule has 0 spiro atoms. The summed E-state index contributed by atoms with van der Waals surface area (Å²) in [4.78, 5) is 56.3. The lowest BCUT2D eigenvalue weighted by Gasteiger charge is -2.19. The molecule has 3 rings (SSSR count). The van der Waals surface area contributed by atoms with Gasteiger partial charge in [0.1, 0.15) is 0 Å². The third-order valence-electron chi connectivity index (χ3n) is 17.4. The number of rotatable bonds is 64. The van der Waals surface area contributed by atoms with Crippen LogP contribution in [0.3, 0.4) is 0 Å². The number of hydrogen-bond acceptors (Lipinski definition) is 12. The Balaban J connectivity index is 1.90. The van der Waals surface area contributed by atoms with Crippen LogP contribution in [0.4, 0.5) is 0 Å². The number of carbonyl (C=O) groups excluding carboxylic acids is 4. The van der Waals surface area contributed by atoms with E-state index >= 15 is 0 Å². The first kappa shape index (κ1) is 81.2. The Morgan fingerprint density at radius 1 is 0.250 bits per heavy atom. The molecule has 1 aliphatic carbocycles. The summed E-state index contributed by atoms with van der Waals surface area (Å²) in [7, 11) is 0. The third kappa shape index (κ3) is 38.4.